The summed E-state index contributed by atoms with van der Waals surface area (Å²) in [6.45, 7) is 1.94. The van der Waals surface area contributed by atoms with Crippen LogP contribution in [0.2, 0.25) is 0 Å². The van der Waals surface area contributed by atoms with Crippen LogP contribution in [0, 0.1) is 0 Å². The number of carbonyl (C=O) groups is 1. The van der Waals surface area contributed by atoms with E-state index in [9.17, 15) is 4.79 Å². The number of aliphatic hydroxyl groups is 1. The van der Waals surface area contributed by atoms with Crippen LogP contribution in [0.25, 0.3) is 0 Å². The molecule has 1 aliphatic rings. The van der Waals surface area contributed by atoms with Crippen molar-refractivity contribution in [2.75, 3.05) is 13.6 Å². The average Bonchev–Trinajstić information content (AvgIpc) is 1.98. The Labute approximate surface area is 53.6 Å². The second-order valence-electron chi connectivity index (χ2n) is 2.23. The van der Waals surface area contributed by atoms with Crippen molar-refractivity contribution in [2.24, 2.45) is 0 Å². The lowest BCUT2D eigenvalue weighted by atomic mass is 10.2. The Balaban J connectivity index is 2.92. The molecule has 0 aromatic heterocycles. The maximum Gasteiger partial charge on any atom is 0.193 e. The maximum absolute atomic E-state index is 10.7. The van der Waals surface area contributed by atoms with E-state index < -0.39 is 0 Å². The normalized spacial score (nSPS) is 19.8. The number of Topliss-reactive ketones (excluding diaryl/α,β-unsaturated/α-hetero) is 1. The molecular weight excluding hydrogens is 118 g/mol. The van der Waals surface area contributed by atoms with Crippen molar-refractivity contribution in [3.8, 4) is 0 Å². The van der Waals surface area contributed by atoms with Gasteiger partial charge in [0.05, 0.1) is 12.1 Å². The maximum atomic E-state index is 10.7. The molecule has 0 bridgehead atoms. The Hall–Kier alpha value is -0.990. The number of ketones is 1. The van der Waals surface area contributed by atoms with Crippen LogP contribution in [0.1, 0.15) is 6.92 Å². The third kappa shape index (κ3) is 0.781. The minimum Gasteiger partial charge on any atom is -0.494 e. The minimum absolute atomic E-state index is 0.00926. The zero-order valence-electron chi connectivity index (χ0n) is 5.51. The fourth-order valence-electron chi connectivity index (χ4n) is 0.820. The minimum atomic E-state index is 0.00926. The van der Waals surface area contributed by atoms with E-state index in [0.717, 1.165) is 0 Å². The molecule has 0 fully saturated rings. The van der Waals surface area contributed by atoms with Crippen molar-refractivity contribution in [2.45, 2.75) is 6.92 Å². The zero-order chi connectivity index (χ0) is 7.02. The average molecular weight is 127 g/mol. The monoisotopic (exact) mass is 127 g/mol. The van der Waals surface area contributed by atoms with E-state index in [1.54, 1.807) is 14.0 Å². The molecule has 1 rings (SSSR count). The van der Waals surface area contributed by atoms with E-state index in [-0.39, 0.29) is 11.7 Å². The van der Waals surface area contributed by atoms with Crippen LogP contribution >= 0.6 is 0 Å². The summed E-state index contributed by atoms with van der Waals surface area (Å²) in [5.74, 6) is 0.120. The molecule has 9 heavy (non-hydrogen) atoms. The molecule has 0 saturated carbocycles. The summed E-state index contributed by atoms with van der Waals surface area (Å²) < 4.78 is 0. The lowest BCUT2D eigenvalue weighted by Gasteiger charge is -2.07. The number of aliphatic hydroxyl groups excluding tert-OH is 1. The predicted octanol–water partition coefficient (Wildman–Crippen LogP) is 0.290. The van der Waals surface area contributed by atoms with Crippen molar-refractivity contribution in [1.82, 2.24) is 4.90 Å². The number of carbonyl (C=O) groups excluding carboxylic acids is 1. The van der Waals surface area contributed by atoms with Gasteiger partial charge in [0.2, 0.25) is 0 Å². The third-order valence-electron chi connectivity index (χ3n) is 1.50. The summed E-state index contributed by atoms with van der Waals surface area (Å²) in [6.07, 6.45) is 0. The van der Waals surface area contributed by atoms with E-state index in [2.05, 4.69) is 0 Å². The highest BCUT2D eigenvalue weighted by atomic mass is 16.3. The molecule has 1 aliphatic heterocycles. The molecule has 0 aliphatic carbocycles. The summed E-state index contributed by atoms with van der Waals surface area (Å²) in [7, 11) is 1.68. The second kappa shape index (κ2) is 1.76. The lowest BCUT2D eigenvalue weighted by molar-refractivity contribution is -0.114. The van der Waals surface area contributed by atoms with Crippen LogP contribution in [0.4, 0.5) is 0 Å². The summed E-state index contributed by atoms with van der Waals surface area (Å²) >= 11 is 0. The Morgan fingerprint density at radius 1 is 1.67 bits per heavy atom. The predicted molar refractivity (Wildman–Crippen MR) is 33.0 cm³/mol. The fraction of sp³-hybridized carbons (Fsp3) is 0.500. The van der Waals surface area contributed by atoms with Crippen molar-refractivity contribution >= 4 is 5.78 Å². The first kappa shape index (κ1) is 6.13. The van der Waals surface area contributed by atoms with Gasteiger partial charge in [-0.25, -0.2) is 0 Å². The summed E-state index contributed by atoms with van der Waals surface area (Å²) in [4.78, 5) is 12.3. The molecule has 0 atom stereocenters. The van der Waals surface area contributed by atoms with Gasteiger partial charge in [0.1, 0.15) is 0 Å². The van der Waals surface area contributed by atoms with Crippen LogP contribution in [0.5, 0.6) is 0 Å². The van der Waals surface area contributed by atoms with Crippen LogP contribution in [0.3, 0.4) is 0 Å². The first-order chi connectivity index (χ1) is 4.13. The summed E-state index contributed by atoms with van der Waals surface area (Å²) in [5, 5.41) is 9.02. The Bertz CT molecular complexity index is 183. The van der Waals surface area contributed by atoms with Gasteiger partial charge in [0, 0.05) is 7.05 Å². The Morgan fingerprint density at radius 2 is 2.22 bits per heavy atom. The molecule has 1 heterocycles. The highest BCUT2D eigenvalue weighted by Crippen LogP contribution is 2.13. The lowest BCUT2D eigenvalue weighted by Crippen LogP contribution is -2.15. The molecular formula is C6H9NO2. The molecule has 50 valence electrons. The Morgan fingerprint density at radius 3 is 2.33 bits per heavy atom. The zero-order valence-corrected chi connectivity index (χ0v) is 5.51. The van der Waals surface area contributed by atoms with Gasteiger partial charge in [-0.2, -0.15) is 0 Å². The van der Waals surface area contributed by atoms with Gasteiger partial charge in [0.15, 0.2) is 11.7 Å². The SMILES string of the molecule is CC1=C(O)N(C)CC1=O. The van der Waals surface area contributed by atoms with Gasteiger partial charge in [-0.15, -0.1) is 0 Å². The van der Waals surface area contributed by atoms with Crippen LogP contribution < -0.4 is 0 Å². The highest BCUT2D eigenvalue weighted by Gasteiger charge is 2.22. The molecule has 0 unspecified atom stereocenters. The topological polar surface area (TPSA) is 40.5 Å². The van der Waals surface area contributed by atoms with E-state index in [0.29, 0.717) is 12.1 Å². The summed E-state index contributed by atoms with van der Waals surface area (Å²) in [6, 6.07) is 0. The fourth-order valence-corrected chi connectivity index (χ4v) is 0.820. The van der Waals surface area contributed by atoms with Gasteiger partial charge in [-0.1, -0.05) is 0 Å². The van der Waals surface area contributed by atoms with Crippen molar-refractivity contribution in [3.63, 3.8) is 0 Å². The largest absolute Gasteiger partial charge is 0.494 e. The van der Waals surface area contributed by atoms with E-state index in [1.165, 1.54) is 4.90 Å². The van der Waals surface area contributed by atoms with Crippen LogP contribution in [0.15, 0.2) is 11.5 Å². The molecule has 1 N–H and O–H groups in total. The molecule has 3 heteroatoms. The van der Waals surface area contributed by atoms with Gasteiger partial charge in [0.25, 0.3) is 0 Å². The van der Waals surface area contributed by atoms with Crippen molar-refractivity contribution in [1.29, 1.82) is 0 Å². The van der Waals surface area contributed by atoms with E-state index >= 15 is 0 Å². The molecule has 0 radical (unpaired) electrons. The molecule has 0 aromatic rings. The first-order valence-electron chi connectivity index (χ1n) is 2.77. The molecule has 0 spiro atoms. The first-order valence-corrected chi connectivity index (χ1v) is 2.77. The van der Waals surface area contributed by atoms with Gasteiger partial charge in [-0.05, 0) is 6.92 Å². The third-order valence-corrected chi connectivity index (χ3v) is 1.50. The van der Waals surface area contributed by atoms with E-state index in [4.69, 9.17) is 5.11 Å². The molecule has 3 nitrogen and oxygen atoms in total. The van der Waals surface area contributed by atoms with Crippen LogP contribution in [-0.4, -0.2) is 29.4 Å². The summed E-state index contributed by atoms with van der Waals surface area (Å²) in [5.41, 5.74) is 0.470. The van der Waals surface area contributed by atoms with Crippen molar-refractivity contribution < 1.29 is 9.90 Å². The number of likely N-dealkylation sites (N-methyl/N-ethyl adjacent to an activating group) is 1. The van der Waals surface area contributed by atoms with Crippen LogP contribution in [-0.2, 0) is 4.79 Å². The molecule has 0 saturated heterocycles. The Kier molecular flexibility index (Phi) is 1.20. The standard InChI is InChI=1S/C6H9NO2/c1-4-5(8)3-7(2)6(4)9/h9H,3H2,1-2H3. The number of rotatable bonds is 0. The highest BCUT2D eigenvalue weighted by molar-refractivity contribution is 5.98. The van der Waals surface area contributed by atoms with Gasteiger partial charge < -0.3 is 10.0 Å². The van der Waals surface area contributed by atoms with E-state index in [1.807, 2.05) is 0 Å². The number of hydrogen-bond acceptors (Lipinski definition) is 3. The molecule has 0 amide bonds. The number of hydrogen-bond donors (Lipinski definition) is 1. The number of nitrogens with zero attached hydrogens (tertiary/aromatic N) is 1. The second-order valence-corrected chi connectivity index (χ2v) is 2.23. The van der Waals surface area contributed by atoms with Gasteiger partial charge >= 0.3 is 0 Å². The van der Waals surface area contributed by atoms with Crippen molar-refractivity contribution in [3.05, 3.63) is 11.5 Å². The van der Waals surface area contributed by atoms with Gasteiger partial charge in [-0.3, -0.25) is 4.79 Å². The smallest absolute Gasteiger partial charge is 0.193 e. The molecule has 0 aromatic carbocycles. The quantitative estimate of drug-likeness (QED) is 0.508.